The van der Waals surface area contributed by atoms with Crippen LogP contribution in [0.25, 0.3) is 0 Å². The molecule has 0 saturated carbocycles. The van der Waals surface area contributed by atoms with Crippen LogP contribution in [0.15, 0.2) is 0 Å². The molecule has 0 aromatic rings. The molecule has 0 aliphatic heterocycles. The van der Waals surface area contributed by atoms with Gasteiger partial charge in [-0.2, -0.15) is 0 Å². The molecule has 5 nitrogen and oxygen atoms in total. The minimum absolute atomic E-state index is 0.0829. The summed E-state index contributed by atoms with van der Waals surface area (Å²) in [5.41, 5.74) is 5.27. The average molecular weight is 188 g/mol. The molecule has 0 rings (SSSR count). The molecule has 13 heavy (non-hydrogen) atoms. The van der Waals surface area contributed by atoms with E-state index in [0.717, 1.165) is 12.8 Å². The highest BCUT2D eigenvalue weighted by Gasteiger charge is 2.14. The molecule has 5 heteroatoms. The third-order valence-corrected chi connectivity index (χ3v) is 1.69. The maximum Gasteiger partial charge on any atom is 0.320 e. The highest BCUT2D eigenvalue weighted by Crippen LogP contribution is 1.99. The maximum absolute atomic E-state index is 10.6. The van der Waals surface area contributed by atoms with Crippen LogP contribution in [0.3, 0.4) is 0 Å². The van der Waals surface area contributed by atoms with E-state index >= 15 is 0 Å². The van der Waals surface area contributed by atoms with Gasteiger partial charge in [-0.25, -0.2) is 0 Å². The zero-order valence-electron chi connectivity index (χ0n) is 7.53. The van der Waals surface area contributed by atoms with E-state index in [-0.39, 0.29) is 6.54 Å². The number of unbranched alkanes of at least 4 members (excludes halogenated alkanes) is 1. The second-order valence-corrected chi connectivity index (χ2v) is 2.75. The summed E-state index contributed by atoms with van der Waals surface area (Å²) in [6.07, 6.45) is 2.74. The smallest absolute Gasteiger partial charge is 0.320 e. The Labute approximate surface area is 77.3 Å². The predicted molar refractivity (Wildman–Crippen MR) is 48.4 cm³/mol. The van der Waals surface area contributed by atoms with Crippen LogP contribution >= 0.6 is 0 Å². The molecule has 0 unspecified atom stereocenters. The van der Waals surface area contributed by atoms with Crippen molar-refractivity contribution in [1.29, 1.82) is 0 Å². The Hall–Kier alpha value is -0.940. The van der Waals surface area contributed by atoms with E-state index in [4.69, 9.17) is 10.8 Å². The Kier molecular flexibility index (Phi) is 7.14. The van der Waals surface area contributed by atoms with Gasteiger partial charge in [0.2, 0.25) is 0 Å². The molecule has 1 atom stereocenters. The second-order valence-electron chi connectivity index (χ2n) is 2.75. The maximum atomic E-state index is 10.6. The molecular weight excluding hydrogens is 172 g/mol. The van der Waals surface area contributed by atoms with Gasteiger partial charge in [0.25, 0.3) is 0 Å². The Morgan fingerprint density at radius 3 is 2.69 bits per heavy atom. The van der Waals surface area contributed by atoms with Crippen LogP contribution in [0, 0.1) is 0 Å². The van der Waals surface area contributed by atoms with Crippen LogP contribution in [0.1, 0.15) is 19.3 Å². The van der Waals surface area contributed by atoms with Crippen molar-refractivity contribution in [2.75, 3.05) is 13.1 Å². The lowest BCUT2D eigenvalue weighted by atomic mass is 10.1. The summed E-state index contributed by atoms with van der Waals surface area (Å²) in [6, 6.07) is -0.628. The predicted octanol–water partition coefficient (Wildman–Crippen LogP) is -0.643. The average Bonchev–Trinajstić information content (AvgIpc) is 2.10. The summed E-state index contributed by atoms with van der Waals surface area (Å²) in [6.45, 7) is 0.652. The molecule has 0 heterocycles. The minimum Gasteiger partial charge on any atom is -0.480 e. The summed E-state index contributed by atoms with van der Waals surface area (Å²) < 4.78 is 0. The van der Waals surface area contributed by atoms with Crippen molar-refractivity contribution in [2.45, 2.75) is 25.3 Å². The van der Waals surface area contributed by atoms with E-state index in [2.05, 4.69) is 5.32 Å². The summed E-state index contributed by atoms with van der Waals surface area (Å²) >= 11 is 0. The first-order valence-electron chi connectivity index (χ1n) is 4.32. The number of nitrogens with two attached hydrogens (primary N) is 1. The first kappa shape index (κ1) is 12.1. The van der Waals surface area contributed by atoms with E-state index < -0.39 is 12.0 Å². The van der Waals surface area contributed by atoms with Crippen LogP contribution in [-0.2, 0) is 9.59 Å². The SMILES string of the molecule is NCCCC[C@H](NCC=O)C(=O)O. The molecular formula is C8H16N2O3. The van der Waals surface area contributed by atoms with Gasteiger partial charge >= 0.3 is 5.97 Å². The van der Waals surface area contributed by atoms with E-state index in [9.17, 15) is 9.59 Å². The molecule has 0 amide bonds. The Morgan fingerprint density at radius 2 is 2.23 bits per heavy atom. The lowest BCUT2D eigenvalue weighted by Crippen LogP contribution is -2.37. The van der Waals surface area contributed by atoms with Gasteiger partial charge < -0.3 is 15.6 Å². The van der Waals surface area contributed by atoms with Gasteiger partial charge in [-0.1, -0.05) is 6.42 Å². The number of aliphatic carboxylic acids is 1. The largest absolute Gasteiger partial charge is 0.480 e. The fraction of sp³-hybridized carbons (Fsp3) is 0.750. The monoisotopic (exact) mass is 188 g/mol. The molecule has 0 aromatic carbocycles. The molecule has 0 aromatic heterocycles. The zero-order valence-corrected chi connectivity index (χ0v) is 7.53. The molecule has 4 N–H and O–H groups in total. The topological polar surface area (TPSA) is 92.4 Å². The Morgan fingerprint density at radius 1 is 1.54 bits per heavy atom. The number of rotatable bonds is 8. The summed E-state index contributed by atoms with van der Waals surface area (Å²) in [4.78, 5) is 20.6. The van der Waals surface area contributed by atoms with Crippen LogP contribution in [0.2, 0.25) is 0 Å². The molecule has 0 saturated heterocycles. The van der Waals surface area contributed by atoms with E-state index in [1.165, 1.54) is 0 Å². The van der Waals surface area contributed by atoms with Crippen molar-refractivity contribution in [3.63, 3.8) is 0 Å². The molecule has 0 aliphatic rings. The van der Waals surface area contributed by atoms with Gasteiger partial charge in [0.05, 0.1) is 6.54 Å². The first-order valence-corrected chi connectivity index (χ1v) is 4.32. The lowest BCUT2D eigenvalue weighted by Gasteiger charge is -2.11. The molecule has 76 valence electrons. The van der Waals surface area contributed by atoms with Crippen LogP contribution < -0.4 is 11.1 Å². The van der Waals surface area contributed by atoms with Crippen molar-refractivity contribution >= 4 is 12.3 Å². The fourth-order valence-corrected chi connectivity index (χ4v) is 0.996. The van der Waals surface area contributed by atoms with Crippen molar-refractivity contribution < 1.29 is 14.7 Å². The summed E-state index contributed by atoms with van der Waals surface area (Å²) in [7, 11) is 0. The van der Waals surface area contributed by atoms with Gasteiger partial charge in [0.1, 0.15) is 12.3 Å². The molecule has 0 radical (unpaired) electrons. The third-order valence-electron chi connectivity index (χ3n) is 1.69. The Balaban J connectivity index is 3.66. The molecule has 0 fully saturated rings. The van der Waals surface area contributed by atoms with E-state index in [1.807, 2.05) is 0 Å². The van der Waals surface area contributed by atoms with Gasteiger partial charge in [-0.15, -0.1) is 0 Å². The number of hydrogen-bond donors (Lipinski definition) is 3. The fourth-order valence-electron chi connectivity index (χ4n) is 0.996. The molecule has 0 spiro atoms. The van der Waals surface area contributed by atoms with Crippen molar-refractivity contribution in [3.05, 3.63) is 0 Å². The summed E-state index contributed by atoms with van der Waals surface area (Å²) in [5.74, 6) is -0.918. The van der Waals surface area contributed by atoms with Crippen LogP contribution in [0.5, 0.6) is 0 Å². The minimum atomic E-state index is -0.918. The van der Waals surface area contributed by atoms with Crippen LogP contribution in [-0.4, -0.2) is 36.5 Å². The first-order chi connectivity index (χ1) is 6.22. The van der Waals surface area contributed by atoms with Crippen LogP contribution in [0.4, 0.5) is 0 Å². The van der Waals surface area contributed by atoms with Gasteiger partial charge in [0.15, 0.2) is 0 Å². The normalized spacial score (nSPS) is 12.4. The quantitative estimate of drug-likeness (QED) is 0.348. The van der Waals surface area contributed by atoms with Gasteiger partial charge in [0, 0.05) is 0 Å². The summed E-state index contributed by atoms with van der Waals surface area (Å²) in [5, 5.41) is 11.3. The number of carbonyl (C=O) groups excluding carboxylic acids is 1. The third kappa shape index (κ3) is 6.24. The lowest BCUT2D eigenvalue weighted by molar-refractivity contribution is -0.139. The van der Waals surface area contributed by atoms with Crippen molar-refractivity contribution in [2.24, 2.45) is 5.73 Å². The number of carbonyl (C=O) groups is 2. The number of hydrogen-bond acceptors (Lipinski definition) is 4. The number of aldehydes is 1. The van der Waals surface area contributed by atoms with Gasteiger partial charge in [-0.3, -0.25) is 10.1 Å². The highest BCUT2D eigenvalue weighted by atomic mass is 16.4. The number of carboxylic acids is 1. The Bertz CT molecular complexity index is 161. The van der Waals surface area contributed by atoms with Crippen molar-refractivity contribution in [3.8, 4) is 0 Å². The highest BCUT2D eigenvalue weighted by molar-refractivity contribution is 5.73. The number of carboxylic acid groups (broad SMARTS) is 1. The van der Waals surface area contributed by atoms with Gasteiger partial charge in [-0.05, 0) is 19.4 Å². The molecule has 0 aliphatic carbocycles. The number of nitrogens with one attached hydrogen (secondary N) is 1. The standard InChI is InChI=1S/C8H16N2O3/c9-4-2-1-3-7(8(12)13)10-5-6-11/h6-7,10H,1-5,9H2,(H,12,13)/t7-/m0/s1. The van der Waals surface area contributed by atoms with E-state index in [1.54, 1.807) is 0 Å². The van der Waals surface area contributed by atoms with Crippen molar-refractivity contribution in [1.82, 2.24) is 5.32 Å². The molecule has 0 bridgehead atoms. The van der Waals surface area contributed by atoms with E-state index in [0.29, 0.717) is 19.3 Å². The second kappa shape index (κ2) is 7.70. The zero-order chi connectivity index (χ0) is 10.1.